The van der Waals surface area contributed by atoms with Crippen molar-refractivity contribution in [1.82, 2.24) is 9.80 Å². The van der Waals surface area contributed by atoms with Crippen LogP contribution in [0.15, 0.2) is 0 Å². The third kappa shape index (κ3) is 3.44. The molecule has 1 heterocycles. The SMILES string of the molecule is CCCN(CC(=O)O)C(=O)C1CC(=O)N(C)C1. The van der Waals surface area contributed by atoms with E-state index in [2.05, 4.69) is 0 Å². The van der Waals surface area contributed by atoms with Crippen molar-refractivity contribution < 1.29 is 19.5 Å². The maximum atomic E-state index is 12.0. The van der Waals surface area contributed by atoms with Crippen LogP contribution in [0.4, 0.5) is 0 Å². The van der Waals surface area contributed by atoms with Gasteiger partial charge in [-0.2, -0.15) is 0 Å². The molecule has 0 aromatic carbocycles. The summed E-state index contributed by atoms with van der Waals surface area (Å²) in [5.74, 6) is -1.70. The van der Waals surface area contributed by atoms with Crippen molar-refractivity contribution >= 4 is 17.8 Å². The van der Waals surface area contributed by atoms with Crippen LogP contribution in [-0.2, 0) is 14.4 Å². The lowest BCUT2D eigenvalue weighted by Gasteiger charge is -2.23. The zero-order valence-electron chi connectivity index (χ0n) is 10.2. The first kappa shape index (κ1) is 13.5. The van der Waals surface area contributed by atoms with Crippen LogP contribution in [0.5, 0.6) is 0 Å². The first-order chi connectivity index (χ1) is 7.95. The summed E-state index contributed by atoms with van der Waals surface area (Å²) in [5, 5.41) is 8.73. The van der Waals surface area contributed by atoms with Crippen molar-refractivity contribution in [2.45, 2.75) is 19.8 Å². The Morgan fingerprint density at radius 1 is 1.53 bits per heavy atom. The normalized spacial score (nSPS) is 19.5. The van der Waals surface area contributed by atoms with E-state index in [1.54, 1.807) is 7.05 Å². The monoisotopic (exact) mass is 242 g/mol. The molecule has 0 aromatic heterocycles. The van der Waals surface area contributed by atoms with Crippen LogP contribution in [0.25, 0.3) is 0 Å². The molecule has 1 aliphatic heterocycles. The number of hydrogen-bond acceptors (Lipinski definition) is 3. The molecule has 1 fully saturated rings. The Morgan fingerprint density at radius 2 is 2.18 bits per heavy atom. The minimum Gasteiger partial charge on any atom is -0.480 e. The molecule has 0 spiro atoms. The fraction of sp³-hybridized carbons (Fsp3) is 0.727. The number of aliphatic carboxylic acids is 1. The van der Waals surface area contributed by atoms with Gasteiger partial charge in [0.05, 0.1) is 5.92 Å². The zero-order valence-corrected chi connectivity index (χ0v) is 10.2. The summed E-state index contributed by atoms with van der Waals surface area (Å²) in [6.45, 7) is 2.40. The number of amides is 2. The standard InChI is InChI=1S/C11H18N2O4/c1-3-4-13(7-10(15)16)11(17)8-5-9(14)12(2)6-8/h8H,3-7H2,1-2H3,(H,15,16). The van der Waals surface area contributed by atoms with Gasteiger partial charge in [-0.15, -0.1) is 0 Å². The smallest absolute Gasteiger partial charge is 0.323 e. The van der Waals surface area contributed by atoms with Crippen molar-refractivity contribution in [3.8, 4) is 0 Å². The summed E-state index contributed by atoms with van der Waals surface area (Å²) >= 11 is 0. The van der Waals surface area contributed by atoms with Crippen LogP contribution in [0.3, 0.4) is 0 Å². The van der Waals surface area contributed by atoms with E-state index in [-0.39, 0.29) is 24.8 Å². The van der Waals surface area contributed by atoms with E-state index in [1.165, 1.54) is 9.80 Å². The van der Waals surface area contributed by atoms with Gasteiger partial charge in [-0.25, -0.2) is 0 Å². The Labute approximate surface area is 100 Å². The van der Waals surface area contributed by atoms with Gasteiger partial charge in [-0.3, -0.25) is 14.4 Å². The summed E-state index contributed by atoms with van der Waals surface area (Å²) in [6.07, 6.45) is 0.894. The Morgan fingerprint density at radius 3 is 2.59 bits per heavy atom. The van der Waals surface area contributed by atoms with E-state index < -0.39 is 11.9 Å². The molecule has 17 heavy (non-hydrogen) atoms. The Balaban J connectivity index is 2.64. The highest BCUT2D eigenvalue weighted by Crippen LogP contribution is 2.18. The van der Waals surface area contributed by atoms with Crippen LogP contribution in [0, 0.1) is 5.92 Å². The van der Waals surface area contributed by atoms with Crippen LogP contribution in [0.1, 0.15) is 19.8 Å². The number of likely N-dealkylation sites (tertiary alicyclic amines) is 1. The fourth-order valence-corrected chi connectivity index (χ4v) is 1.99. The predicted molar refractivity (Wildman–Crippen MR) is 60.3 cm³/mol. The lowest BCUT2D eigenvalue weighted by atomic mass is 10.1. The van der Waals surface area contributed by atoms with Gasteiger partial charge in [-0.1, -0.05) is 6.92 Å². The highest BCUT2D eigenvalue weighted by atomic mass is 16.4. The number of nitrogens with zero attached hydrogens (tertiary/aromatic N) is 2. The van der Waals surface area contributed by atoms with Gasteiger partial charge in [0.25, 0.3) is 0 Å². The van der Waals surface area contributed by atoms with Gasteiger partial charge in [0.2, 0.25) is 11.8 Å². The largest absolute Gasteiger partial charge is 0.480 e. The van der Waals surface area contributed by atoms with Crippen molar-refractivity contribution in [1.29, 1.82) is 0 Å². The highest BCUT2D eigenvalue weighted by Gasteiger charge is 2.34. The van der Waals surface area contributed by atoms with Crippen LogP contribution < -0.4 is 0 Å². The average Bonchev–Trinajstić information content (AvgIpc) is 2.57. The maximum Gasteiger partial charge on any atom is 0.323 e. The quantitative estimate of drug-likeness (QED) is 0.723. The average molecular weight is 242 g/mol. The third-order valence-corrected chi connectivity index (χ3v) is 2.82. The maximum absolute atomic E-state index is 12.0. The Hall–Kier alpha value is -1.59. The second kappa shape index (κ2) is 5.65. The summed E-state index contributed by atoms with van der Waals surface area (Å²) in [5.41, 5.74) is 0. The summed E-state index contributed by atoms with van der Waals surface area (Å²) in [7, 11) is 1.65. The van der Waals surface area contributed by atoms with E-state index in [9.17, 15) is 14.4 Å². The van der Waals surface area contributed by atoms with E-state index in [4.69, 9.17) is 5.11 Å². The molecule has 1 unspecified atom stereocenters. The first-order valence-electron chi connectivity index (χ1n) is 5.70. The van der Waals surface area contributed by atoms with E-state index >= 15 is 0 Å². The highest BCUT2D eigenvalue weighted by molar-refractivity contribution is 5.90. The van der Waals surface area contributed by atoms with E-state index in [0.29, 0.717) is 19.5 Å². The van der Waals surface area contributed by atoms with Crippen molar-refractivity contribution in [2.75, 3.05) is 26.7 Å². The minimum absolute atomic E-state index is 0.0601. The van der Waals surface area contributed by atoms with E-state index in [1.807, 2.05) is 6.92 Å². The number of carbonyl (C=O) groups is 3. The number of carbonyl (C=O) groups excluding carboxylic acids is 2. The predicted octanol–water partition coefficient (Wildman–Crippen LogP) is -0.212. The molecule has 1 atom stereocenters. The number of carboxylic acids is 1. The van der Waals surface area contributed by atoms with Gasteiger partial charge in [0, 0.05) is 26.6 Å². The summed E-state index contributed by atoms with van der Waals surface area (Å²) in [6, 6.07) is 0. The molecule has 96 valence electrons. The number of carboxylic acid groups (broad SMARTS) is 1. The van der Waals surface area contributed by atoms with Crippen LogP contribution in [-0.4, -0.2) is 59.4 Å². The fourth-order valence-electron chi connectivity index (χ4n) is 1.99. The Kier molecular flexibility index (Phi) is 4.48. The van der Waals surface area contributed by atoms with Gasteiger partial charge >= 0.3 is 5.97 Å². The molecule has 0 saturated carbocycles. The molecule has 1 rings (SSSR count). The molecule has 6 nitrogen and oxygen atoms in total. The second-order valence-electron chi connectivity index (χ2n) is 4.33. The van der Waals surface area contributed by atoms with Crippen molar-refractivity contribution in [2.24, 2.45) is 5.92 Å². The van der Waals surface area contributed by atoms with Crippen molar-refractivity contribution in [3.63, 3.8) is 0 Å². The molecular weight excluding hydrogens is 224 g/mol. The van der Waals surface area contributed by atoms with Gasteiger partial charge in [0.15, 0.2) is 0 Å². The lowest BCUT2D eigenvalue weighted by molar-refractivity contribution is -0.146. The van der Waals surface area contributed by atoms with Crippen LogP contribution in [0.2, 0.25) is 0 Å². The molecule has 0 aliphatic carbocycles. The minimum atomic E-state index is -1.02. The second-order valence-corrected chi connectivity index (χ2v) is 4.33. The van der Waals surface area contributed by atoms with Gasteiger partial charge < -0.3 is 14.9 Å². The molecule has 0 aromatic rings. The van der Waals surface area contributed by atoms with E-state index in [0.717, 1.165) is 0 Å². The van der Waals surface area contributed by atoms with Crippen LogP contribution >= 0.6 is 0 Å². The van der Waals surface area contributed by atoms with Gasteiger partial charge in [-0.05, 0) is 6.42 Å². The molecule has 1 aliphatic rings. The summed E-state index contributed by atoms with van der Waals surface area (Å²) < 4.78 is 0. The molecule has 1 N–H and O–H groups in total. The molecule has 0 radical (unpaired) electrons. The Bertz CT molecular complexity index is 329. The third-order valence-electron chi connectivity index (χ3n) is 2.82. The topological polar surface area (TPSA) is 77.9 Å². The molecule has 0 bridgehead atoms. The van der Waals surface area contributed by atoms with Crippen molar-refractivity contribution in [3.05, 3.63) is 0 Å². The first-order valence-corrected chi connectivity index (χ1v) is 5.70. The zero-order chi connectivity index (χ0) is 13.0. The molecule has 6 heteroatoms. The molecule has 1 saturated heterocycles. The summed E-state index contributed by atoms with van der Waals surface area (Å²) in [4.78, 5) is 36.9. The lowest BCUT2D eigenvalue weighted by Crippen LogP contribution is -2.40. The number of rotatable bonds is 5. The molecular formula is C11H18N2O4. The number of hydrogen-bond donors (Lipinski definition) is 1. The molecule has 2 amide bonds. The van der Waals surface area contributed by atoms with Gasteiger partial charge in [0.1, 0.15) is 6.54 Å².